The summed E-state index contributed by atoms with van der Waals surface area (Å²) >= 11 is 1.27. The predicted octanol–water partition coefficient (Wildman–Crippen LogP) is 1.68. The largest absolute Gasteiger partial charge is 0.397 e. The van der Waals surface area contributed by atoms with Crippen LogP contribution in [0, 0.1) is 0 Å². The molecule has 0 spiro atoms. The zero-order valence-corrected chi connectivity index (χ0v) is 11.8. The number of rotatable bonds is 4. The van der Waals surface area contributed by atoms with E-state index in [1.807, 2.05) is 13.8 Å². The van der Waals surface area contributed by atoms with Gasteiger partial charge < -0.3 is 5.73 Å². The summed E-state index contributed by atoms with van der Waals surface area (Å²) < 4.78 is 0. The molecule has 0 bridgehead atoms. The number of hydrogen-bond donors (Lipinski definition) is 1. The Morgan fingerprint density at radius 1 is 1.58 bits per heavy atom. The second kappa shape index (κ2) is 5.61. The third kappa shape index (κ3) is 2.73. The van der Waals surface area contributed by atoms with Crippen molar-refractivity contribution in [1.82, 2.24) is 9.88 Å². The minimum atomic E-state index is -0.404. The number of likely N-dealkylation sites (tertiary alicyclic amines) is 1. The van der Waals surface area contributed by atoms with E-state index in [4.69, 9.17) is 5.73 Å². The van der Waals surface area contributed by atoms with E-state index in [-0.39, 0.29) is 24.3 Å². The van der Waals surface area contributed by atoms with E-state index in [2.05, 4.69) is 4.98 Å². The second-order valence-electron chi connectivity index (χ2n) is 4.57. The molecule has 1 aromatic rings. The highest BCUT2D eigenvalue weighted by Crippen LogP contribution is 2.33. The predicted molar refractivity (Wildman–Crippen MR) is 74.5 cm³/mol. The number of hydrogen-bond acceptors (Lipinski definition) is 5. The molecule has 1 saturated heterocycles. The molecule has 2 atom stereocenters. The number of aromatic nitrogens is 1. The number of nitrogens with zero attached hydrogens (tertiary/aromatic N) is 2. The fraction of sp³-hybridized carbons (Fsp3) is 0.462. The minimum absolute atomic E-state index is 0.0494. The summed E-state index contributed by atoms with van der Waals surface area (Å²) in [5.74, 6) is -0.235. The minimum Gasteiger partial charge on any atom is -0.397 e. The van der Waals surface area contributed by atoms with Crippen molar-refractivity contribution in [1.29, 1.82) is 0 Å². The normalized spacial score (nSPS) is 20.9. The molecule has 0 radical (unpaired) electrons. The zero-order valence-electron chi connectivity index (χ0n) is 11.0. The lowest BCUT2D eigenvalue weighted by molar-refractivity contribution is -0.140. The molecule has 0 aliphatic carbocycles. The van der Waals surface area contributed by atoms with Crippen LogP contribution in [0.15, 0.2) is 23.4 Å². The van der Waals surface area contributed by atoms with Crippen LogP contribution in [0.25, 0.3) is 0 Å². The Hall–Kier alpha value is -1.56. The van der Waals surface area contributed by atoms with Gasteiger partial charge in [0.05, 0.1) is 10.9 Å². The van der Waals surface area contributed by atoms with Gasteiger partial charge in [-0.25, -0.2) is 4.98 Å². The van der Waals surface area contributed by atoms with Crippen LogP contribution in [0.3, 0.4) is 0 Å². The van der Waals surface area contributed by atoms with Crippen LogP contribution in [-0.4, -0.2) is 33.0 Å². The number of nitrogens with two attached hydrogens (primary N) is 1. The van der Waals surface area contributed by atoms with Crippen LogP contribution in [-0.2, 0) is 9.59 Å². The summed E-state index contributed by atoms with van der Waals surface area (Å²) in [6.07, 6.45) is 2.62. The smallest absolute Gasteiger partial charge is 0.243 e. The SMILES string of the molecule is CCC(C)N1C(=O)CC(Sc2ncccc2N)C1=O. The zero-order chi connectivity index (χ0) is 14.0. The summed E-state index contributed by atoms with van der Waals surface area (Å²) in [5, 5.41) is 0.207. The van der Waals surface area contributed by atoms with Gasteiger partial charge >= 0.3 is 0 Å². The van der Waals surface area contributed by atoms with E-state index >= 15 is 0 Å². The van der Waals surface area contributed by atoms with E-state index < -0.39 is 5.25 Å². The number of amides is 2. The van der Waals surface area contributed by atoms with Gasteiger partial charge in [0.15, 0.2) is 0 Å². The highest BCUT2D eigenvalue weighted by atomic mass is 32.2. The molecule has 2 amide bonds. The number of carbonyl (C=O) groups is 2. The van der Waals surface area contributed by atoms with Crippen molar-refractivity contribution in [3.8, 4) is 0 Å². The van der Waals surface area contributed by atoms with Crippen molar-refractivity contribution in [2.75, 3.05) is 5.73 Å². The average molecular weight is 279 g/mol. The number of imide groups is 1. The fourth-order valence-corrected chi connectivity index (χ4v) is 3.03. The lowest BCUT2D eigenvalue weighted by Crippen LogP contribution is -2.38. The van der Waals surface area contributed by atoms with Crippen molar-refractivity contribution in [2.45, 2.75) is 43.0 Å². The van der Waals surface area contributed by atoms with Crippen LogP contribution in [0.2, 0.25) is 0 Å². The third-order valence-electron chi connectivity index (χ3n) is 3.23. The quantitative estimate of drug-likeness (QED) is 0.849. The van der Waals surface area contributed by atoms with Crippen LogP contribution >= 0.6 is 11.8 Å². The van der Waals surface area contributed by atoms with Crippen molar-refractivity contribution >= 4 is 29.3 Å². The lowest BCUT2D eigenvalue weighted by Gasteiger charge is -2.21. The Morgan fingerprint density at radius 3 is 2.95 bits per heavy atom. The molecule has 1 aliphatic heterocycles. The van der Waals surface area contributed by atoms with E-state index in [0.717, 1.165) is 6.42 Å². The van der Waals surface area contributed by atoms with Crippen LogP contribution in [0.4, 0.5) is 5.69 Å². The van der Waals surface area contributed by atoms with Gasteiger partial charge in [-0.15, -0.1) is 0 Å². The first-order chi connectivity index (χ1) is 9.04. The molecular weight excluding hydrogens is 262 g/mol. The summed E-state index contributed by atoms with van der Waals surface area (Å²) in [7, 11) is 0. The van der Waals surface area contributed by atoms with Gasteiger partial charge in [-0.05, 0) is 25.5 Å². The Balaban J connectivity index is 2.14. The Morgan fingerprint density at radius 2 is 2.32 bits per heavy atom. The van der Waals surface area contributed by atoms with Crippen molar-refractivity contribution in [3.63, 3.8) is 0 Å². The molecule has 5 nitrogen and oxygen atoms in total. The van der Waals surface area contributed by atoms with Crippen molar-refractivity contribution in [2.24, 2.45) is 0 Å². The number of pyridine rings is 1. The maximum absolute atomic E-state index is 12.2. The molecule has 2 unspecified atom stereocenters. The van der Waals surface area contributed by atoms with Gasteiger partial charge in [0.25, 0.3) is 0 Å². The molecule has 0 aromatic carbocycles. The molecule has 1 fully saturated rings. The molecule has 0 saturated carbocycles. The number of carbonyl (C=O) groups excluding carboxylic acids is 2. The monoisotopic (exact) mass is 279 g/mol. The number of thioether (sulfide) groups is 1. The molecule has 2 N–H and O–H groups in total. The van der Waals surface area contributed by atoms with Gasteiger partial charge in [-0.3, -0.25) is 14.5 Å². The molecule has 1 aliphatic rings. The molecule has 2 rings (SSSR count). The number of anilines is 1. The van der Waals surface area contributed by atoms with Gasteiger partial charge in [0.2, 0.25) is 11.8 Å². The molecule has 102 valence electrons. The van der Waals surface area contributed by atoms with E-state index in [1.165, 1.54) is 16.7 Å². The second-order valence-corrected chi connectivity index (χ2v) is 5.76. The molecular formula is C13H17N3O2S. The van der Waals surface area contributed by atoms with E-state index in [1.54, 1.807) is 18.3 Å². The highest BCUT2D eigenvalue weighted by molar-refractivity contribution is 8.00. The average Bonchev–Trinajstić information content (AvgIpc) is 2.66. The van der Waals surface area contributed by atoms with Crippen molar-refractivity contribution in [3.05, 3.63) is 18.3 Å². The third-order valence-corrected chi connectivity index (χ3v) is 4.44. The van der Waals surface area contributed by atoms with E-state index in [9.17, 15) is 9.59 Å². The van der Waals surface area contributed by atoms with Gasteiger partial charge in [0.1, 0.15) is 5.03 Å². The summed E-state index contributed by atoms with van der Waals surface area (Å²) in [6.45, 7) is 3.85. The molecule has 6 heteroatoms. The van der Waals surface area contributed by atoms with Crippen LogP contribution in [0.1, 0.15) is 26.7 Å². The Labute approximate surface area is 116 Å². The topological polar surface area (TPSA) is 76.3 Å². The summed E-state index contributed by atoms with van der Waals surface area (Å²) in [5.41, 5.74) is 6.34. The molecule has 19 heavy (non-hydrogen) atoms. The Bertz CT molecular complexity index is 506. The molecule has 2 heterocycles. The first-order valence-electron chi connectivity index (χ1n) is 6.27. The summed E-state index contributed by atoms with van der Waals surface area (Å²) in [4.78, 5) is 29.7. The standard InChI is InChI=1S/C13H17N3O2S/c1-3-8(2)16-11(17)7-10(13(16)18)19-12-9(14)5-4-6-15-12/h4-6,8,10H,3,7,14H2,1-2H3. The molecule has 1 aromatic heterocycles. The number of nitrogen functional groups attached to an aromatic ring is 1. The summed E-state index contributed by atoms with van der Waals surface area (Å²) in [6, 6.07) is 3.43. The first-order valence-corrected chi connectivity index (χ1v) is 7.15. The van der Waals surface area contributed by atoms with E-state index in [0.29, 0.717) is 10.7 Å². The van der Waals surface area contributed by atoms with Gasteiger partial charge in [-0.2, -0.15) is 0 Å². The van der Waals surface area contributed by atoms with Gasteiger partial charge in [0, 0.05) is 18.7 Å². The first kappa shape index (κ1) is 13.9. The van der Waals surface area contributed by atoms with Crippen LogP contribution < -0.4 is 5.73 Å². The fourth-order valence-electron chi connectivity index (χ4n) is 2.00. The van der Waals surface area contributed by atoms with Crippen LogP contribution in [0.5, 0.6) is 0 Å². The van der Waals surface area contributed by atoms with Gasteiger partial charge in [-0.1, -0.05) is 18.7 Å². The lowest BCUT2D eigenvalue weighted by atomic mass is 10.2. The highest BCUT2D eigenvalue weighted by Gasteiger charge is 2.41. The maximum Gasteiger partial charge on any atom is 0.243 e. The van der Waals surface area contributed by atoms with Crippen molar-refractivity contribution < 1.29 is 9.59 Å². The Kier molecular flexibility index (Phi) is 4.09. The maximum atomic E-state index is 12.2.